The molecule has 2 heteroatoms. The SMILES string of the molecule is C\C=C/C=C\C=C\P(C)(=O)C1=CC=CCC=C1. The van der Waals surface area contributed by atoms with Gasteiger partial charge < -0.3 is 4.57 Å². The highest BCUT2D eigenvalue weighted by Crippen LogP contribution is 2.52. The Morgan fingerprint density at radius 3 is 2.71 bits per heavy atom. The summed E-state index contributed by atoms with van der Waals surface area (Å²) in [6.45, 7) is 3.76. The Balaban J connectivity index is 2.77. The standard InChI is InChI=1S/C15H19OP/c1-3-4-5-8-11-14-17(2,16)15-12-9-6-7-10-13-15/h3-6,8-14H,7H2,1-2H3/b4-3-,8-5-,14-11+. The van der Waals surface area contributed by atoms with Gasteiger partial charge in [-0.05, 0) is 25.8 Å². The molecule has 1 nitrogen and oxygen atoms in total. The monoisotopic (exact) mass is 246 g/mol. The van der Waals surface area contributed by atoms with E-state index in [-0.39, 0.29) is 0 Å². The first kappa shape index (κ1) is 13.7. The molecule has 0 radical (unpaired) electrons. The second-order valence-corrected chi connectivity index (χ2v) is 6.70. The van der Waals surface area contributed by atoms with E-state index in [1.165, 1.54) is 0 Å². The molecule has 90 valence electrons. The first-order valence-corrected chi connectivity index (χ1v) is 7.97. The summed E-state index contributed by atoms with van der Waals surface area (Å²) in [7, 11) is -2.38. The lowest BCUT2D eigenvalue weighted by atomic mass is 10.4. The van der Waals surface area contributed by atoms with Gasteiger partial charge in [0.2, 0.25) is 0 Å². The summed E-state index contributed by atoms with van der Waals surface area (Å²) < 4.78 is 12.5. The smallest absolute Gasteiger partial charge is 0.133 e. The molecular weight excluding hydrogens is 227 g/mol. The van der Waals surface area contributed by atoms with Crippen LogP contribution in [0.3, 0.4) is 0 Å². The Kier molecular flexibility index (Phi) is 5.72. The highest BCUT2D eigenvalue weighted by molar-refractivity contribution is 7.70. The molecule has 0 N–H and O–H groups in total. The van der Waals surface area contributed by atoms with Crippen LogP contribution in [0.1, 0.15) is 13.3 Å². The van der Waals surface area contributed by atoms with E-state index in [0.717, 1.165) is 11.7 Å². The summed E-state index contributed by atoms with van der Waals surface area (Å²) in [5, 5.41) is 0.905. The first-order valence-electron chi connectivity index (χ1n) is 5.75. The van der Waals surface area contributed by atoms with Gasteiger partial charge in [-0.25, -0.2) is 0 Å². The van der Waals surface area contributed by atoms with E-state index >= 15 is 0 Å². The predicted octanol–water partition coefficient (Wildman–Crippen LogP) is 5.03. The van der Waals surface area contributed by atoms with Crippen molar-refractivity contribution in [1.82, 2.24) is 0 Å². The van der Waals surface area contributed by atoms with Crippen LogP contribution in [0.2, 0.25) is 0 Å². The average molecular weight is 246 g/mol. The maximum atomic E-state index is 12.5. The fourth-order valence-corrected chi connectivity index (χ4v) is 2.79. The molecule has 0 saturated carbocycles. The summed E-state index contributed by atoms with van der Waals surface area (Å²) in [4.78, 5) is 0. The van der Waals surface area contributed by atoms with Gasteiger partial charge in [0.25, 0.3) is 0 Å². The Morgan fingerprint density at radius 1 is 1.18 bits per heavy atom. The van der Waals surface area contributed by atoms with Crippen molar-refractivity contribution in [2.45, 2.75) is 13.3 Å². The van der Waals surface area contributed by atoms with Crippen LogP contribution in [0.15, 0.2) is 71.9 Å². The molecule has 0 aliphatic heterocycles. The van der Waals surface area contributed by atoms with Crippen LogP contribution >= 0.6 is 7.14 Å². The number of hydrogen-bond donors (Lipinski definition) is 0. The van der Waals surface area contributed by atoms with Gasteiger partial charge in [0.15, 0.2) is 0 Å². The highest BCUT2D eigenvalue weighted by atomic mass is 31.2. The number of rotatable bonds is 4. The molecule has 0 aromatic carbocycles. The summed E-state index contributed by atoms with van der Waals surface area (Å²) in [6, 6.07) is 0. The van der Waals surface area contributed by atoms with Crippen molar-refractivity contribution < 1.29 is 4.57 Å². The zero-order chi connectivity index (χ0) is 12.6. The Hall–Kier alpha value is -1.33. The Morgan fingerprint density at radius 2 is 1.94 bits per heavy atom. The second-order valence-electron chi connectivity index (χ2n) is 3.90. The summed E-state index contributed by atoms with van der Waals surface area (Å²) in [6.07, 6.45) is 20.4. The molecule has 1 aliphatic carbocycles. The minimum atomic E-state index is -2.38. The molecule has 1 aliphatic rings. The van der Waals surface area contributed by atoms with Crippen molar-refractivity contribution in [3.05, 3.63) is 71.9 Å². The lowest BCUT2D eigenvalue weighted by Crippen LogP contribution is -1.78. The van der Waals surface area contributed by atoms with Gasteiger partial charge in [-0.1, -0.05) is 60.8 Å². The molecule has 0 aromatic rings. The van der Waals surface area contributed by atoms with Gasteiger partial charge in [0.1, 0.15) is 7.14 Å². The molecular formula is C15H19OP. The van der Waals surface area contributed by atoms with Crippen LogP contribution in [-0.4, -0.2) is 6.66 Å². The topological polar surface area (TPSA) is 17.1 Å². The van der Waals surface area contributed by atoms with E-state index in [4.69, 9.17) is 0 Å². The molecule has 1 atom stereocenters. The fourth-order valence-electron chi connectivity index (χ4n) is 1.40. The molecule has 1 unspecified atom stereocenters. The molecule has 0 spiro atoms. The highest BCUT2D eigenvalue weighted by Gasteiger charge is 2.14. The first-order chi connectivity index (χ1) is 8.17. The maximum absolute atomic E-state index is 12.5. The van der Waals surface area contributed by atoms with Crippen LogP contribution in [-0.2, 0) is 4.57 Å². The zero-order valence-corrected chi connectivity index (χ0v) is 11.3. The third kappa shape index (κ3) is 5.01. The van der Waals surface area contributed by atoms with E-state index in [9.17, 15) is 4.57 Å². The average Bonchev–Trinajstić information content (AvgIpc) is 2.57. The molecule has 1 rings (SSSR count). The molecule has 0 bridgehead atoms. The third-order valence-electron chi connectivity index (χ3n) is 2.37. The number of hydrogen-bond acceptors (Lipinski definition) is 1. The summed E-state index contributed by atoms with van der Waals surface area (Å²) >= 11 is 0. The molecule has 17 heavy (non-hydrogen) atoms. The molecule has 0 saturated heterocycles. The third-order valence-corrected chi connectivity index (χ3v) is 4.44. The summed E-state index contributed by atoms with van der Waals surface area (Å²) in [5.41, 5.74) is 0. The maximum Gasteiger partial charge on any atom is 0.133 e. The molecule has 0 amide bonds. The van der Waals surface area contributed by atoms with Crippen molar-refractivity contribution in [3.8, 4) is 0 Å². The van der Waals surface area contributed by atoms with Crippen LogP contribution in [0.5, 0.6) is 0 Å². The molecule has 0 aromatic heterocycles. The van der Waals surface area contributed by atoms with Crippen LogP contribution in [0.4, 0.5) is 0 Å². The van der Waals surface area contributed by atoms with Crippen molar-refractivity contribution in [1.29, 1.82) is 0 Å². The second kappa shape index (κ2) is 7.09. The minimum absolute atomic E-state index is 0.905. The van der Waals surface area contributed by atoms with E-state index in [1.54, 1.807) is 12.5 Å². The van der Waals surface area contributed by atoms with Gasteiger partial charge in [-0.15, -0.1) is 0 Å². The largest absolute Gasteiger partial charge is 0.315 e. The van der Waals surface area contributed by atoms with Crippen molar-refractivity contribution in [2.24, 2.45) is 0 Å². The van der Waals surface area contributed by atoms with E-state index in [0.29, 0.717) is 0 Å². The van der Waals surface area contributed by atoms with Crippen molar-refractivity contribution in [3.63, 3.8) is 0 Å². The van der Waals surface area contributed by atoms with Crippen LogP contribution < -0.4 is 0 Å². The fraction of sp³-hybridized carbons (Fsp3) is 0.200. The normalized spacial score (nSPS) is 20.0. The molecule has 0 heterocycles. The van der Waals surface area contributed by atoms with Gasteiger partial charge >= 0.3 is 0 Å². The lowest BCUT2D eigenvalue weighted by Gasteiger charge is -2.07. The Labute approximate surface area is 104 Å². The quantitative estimate of drug-likeness (QED) is 0.502. The summed E-state index contributed by atoms with van der Waals surface area (Å²) in [5.74, 6) is 1.79. The van der Waals surface area contributed by atoms with Crippen LogP contribution in [0, 0.1) is 0 Å². The van der Waals surface area contributed by atoms with E-state index in [2.05, 4.69) is 6.08 Å². The minimum Gasteiger partial charge on any atom is -0.315 e. The van der Waals surface area contributed by atoms with E-state index < -0.39 is 7.14 Å². The zero-order valence-electron chi connectivity index (χ0n) is 10.4. The van der Waals surface area contributed by atoms with Crippen molar-refractivity contribution >= 4 is 7.14 Å². The predicted molar refractivity (Wildman–Crippen MR) is 77.6 cm³/mol. The van der Waals surface area contributed by atoms with E-state index in [1.807, 2.05) is 61.6 Å². The van der Waals surface area contributed by atoms with Gasteiger partial charge in [0, 0.05) is 5.31 Å². The number of allylic oxidation sites excluding steroid dienone is 11. The van der Waals surface area contributed by atoms with Crippen molar-refractivity contribution in [2.75, 3.05) is 6.66 Å². The lowest BCUT2D eigenvalue weighted by molar-refractivity contribution is 0.588. The van der Waals surface area contributed by atoms with Gasteiger partial charge in [-0.2, -0.15) is 0 Å². The van der Waals surface area contributed by atoms with Gasteiger partial charge in [0.05, 0.1) is 0 Å². The molecule has 0 fully saturated rings. The van der Waals surface area contributed by atoms with Crippen LogP contribution in [0.25, 0.3) is 0 Å². The van der Waals surface area contributed by atoms with Gasteiger partial charge in [-0.3, -0.25) is 0 Å². The Bertz CT molecular complexity index is 459.